The van der Waals surface area contributed by atoms with E-state index in [2.05, 4.69) is 14.7 Å². The van der Waals surface area contributed by atoms with Crippen LogP contribution in [-0.2, 0) is 10.0 Å². The van der Waals surface area contributed by atoms with Crippen molar-refractivity contribution in [3.8, 4) is 16.9 Å². The van der Waals surface area contributed by atoms with Crippen molar-refractivity contribution in [3.63, 3.8) is 0 Å². The molecule has 11 heteroatoms. The van der Waals surface area contributed by atoms with Crippen LogP contribution in [0.5, 0.6) is 5.75 Å². The Kier molecular flexibility index (Phi) is 6.59. The van der Waals surface area contributed by atoms with E-state index in [0.717, 1.165) is 12.1 Å². The third-order valence-electron chi connectivity index (χ3n) is 5.40. The lowest BCUT2D eigenvalue weighted by Crippen LogP contribution is -2.21. The summed E-state index contributed by atoms with van der Waals surface area (Å²) in [6, 6.07) is 7.64. The number of carbonyl (C=O) groups excluding carboxylic acids is 2. The number of phenolic OH excluding ortho intramolecular Hbond substituents is 1. The second-order valence-corrected chi connectivity index (χ2v) is 10.4. The van der Waals surface area contributed by atoms with E-state index in [1.54, 1.807) is 26.0 Å². The third kappa shape index (κ3) is 4.82. The van der Waals surface area contributed by atoms with E-state index in [0.29, 0.717) is 17.4 Å². The molecule has 0 aliphatic rings. The number of phenols is 1. The quantitative estimate of drug-likeness (QED) is 0.232. The molecule has 3 N–H and O–H groups in total. The van der Waals surface area contributed by atoms with Gasteiger partial charge < -0.3 is 10.1 Å². The highest BCUT2D eigenvalue weighted by atomic mass is 32.2. The number of halogens is 2. The first-order valence-electron chi connectivity index (χ1n) is 10.8. The fourth-order valence-corrected chi connectivity index (χ4v) is 5.25. The van der Waals surface area contributed by atoms with Gasteiger partial charge in [0.25, 0.3) is 0 Å². The number of H-pyrrole nitrogens is 1. The van der Waals surface area contributed by atoms with Crippen LogP contribution in [0.2, 0.25) is 0 Å². The number of hydrogen-bond donors (Lipinski definition) is 3. The summed E-state index contributed by atoms with van der Waals surface area (Å²) >= 11 is 0. The van der Waals surface area contributed by atoms with E-state index in [4.69, 9.17) is 0 Å². The number of hydrogen-bond acceptors (Lipinski definition) is 6. The lowest BCUT2D eigenvalue weighted by molar-refractivity contribution is 0.103. The maximum absolute atomic E-state index is 15.2. The monoisotopic (exact) mass is 513 g/mol. The molecular formula is C25H21F2N3O5S. The summed E-state index contributed by atoms with van der Waals surface area (Å²) in [5, 5.41) is 10.2. The molecule has 0 saturated carbocycles. The van der Waals surface area contributed by atoms with Crippen LogP contribution in [0, 0.1) is 17.6 Å². The highest BCUT2D eigenvalue weighted by Gasteiger charge is 2.26. The Labute approximate surface area is 205 Å². The zero-order chi connectivity index (χ0) is 26.2. The Bertz CT molecular complexity index is 1610. The van der Waals surface area contributed by atoms with Crippen LogP contribution >= 0.6 is 0 Å². The minimum absolute atomic E-state index is 0.0897. The molecule has 0 saturated heterocycles. The maximum Gasteiger partial charge on any atom is 0.233 e. The molecule has 2 heterocycles. The van der Waals surface area contributed by atoms with Crippen LogP contribution in [0.25, 0.3) is 22.2 Å². The van der Waals surface area contributed by atoms with Gasteiger partial charge in [0.1, 0.15) is 17.2 Å². The molecule has 0 bridgehead atoms. The van der Waals surface area contributed by atoms with Gasteiger partial charge in [-0.3, -0.25) is 14.3 Å². The normalized spacial score (nSPS) is 11.7. The molecule has 8 nitrogen and oxygen atoms in total. The molecule has 186 valence electrons. The molecule has 0 fully saturated rings. The average Bonchev–Trinajstić information content (AvgIpc) is 3.23. The van der Waals surface area contributed by atoms with Gasteiger partial charge >= 0.3 is 0 Å². The lowest BCUT2D eigenvalue weighted by atomic mass is 9.99. The third-order valence-corrected chi connectivity index (χ3v) is 7.04. The molecule has 0 amide bonds. The number of sulfonamides is 1. The minimum Gasteiger partial charge on any atom is -0.507 e. The lowest BCUT2D eigenvalue weighted by Gasteiger charge is -2.13. The molecule has 0 spiro atoms. The van der Waals surface area contributed by atoms with E-state index in [-0.39, 0.29) is 39.6 Å². The molecule has 4 aromatic rings. The first-order valence-corrected chi connectivity index (χ1v) is 12.4. The summed E-state index contributed by atoms with van der Waals surface area (Å²) in [6.07, 6.45) is 3.22. The van der Waals surface area contributed by atoms with Gasteiger partial charge in [0, 0.05) is 28.9 Å². The van der Waals surface area contributed by atoms with Gasteiger partial charge in [-0.1, -0.05) is 19.9 Å². The smallest absolute Gasteiger partial charge is 0.233 e. The fraction of sp³-hybridized carbons (Fsp3) is 0.160. The number of ketones is 1. The van der Waals surface area contributed by atoms with Crippen LogP contribution < -0.4 is 4.72 Å². The van der Waals surface area contributed by atoms with Crippen LogP contribution in [-0.4, -0.2) is 41.3 Å². The molecule has 2 aromatic heterocycles. The van der Waals surface area contributed by atoms with Crippen molar-refractivity contribution in [1.29, 1.82) is 0 Å². The Morgan fingerprint density at radius 2 is 1.92 bits per heavy atom. The van der Waals surface area contributed by atoms with Gasteiger partial charge in [0.2, 0.25) is 15.8 Å². The number of fused-ring (bicyclic) bond motifs is 1. The van der Waals surface area contributed by atoms with Crippen molar-refractivity contribution in [2.45, 2.75) is 13.8 Å². The van der Waals surface area contributed by atoms with Crippen LogP contribution in [0.15, 0.2) is 48.8 Å². The summed E-state index contributed by atoms with van der Waals surface area (Å²) in [4.78, 5) is 31.2. The van der Waals surface area contributed by atoms with Crippen LogP contribution in [0.3, 0.4) is 0 Å². The van der Waals surface area contributed by atoms with Gasteiger partial charge in [0.15, 0.2) is 12.1 Å². The van der Waals surface area contributed by atoms with Crippen molar-refractivity contribution in [1.82, 2.24) is 9.97 Å². The highest BCUT2D eigenvalue weighted by molar-refractivity contribution is 7.92. The van der Waals surface area contributed by atoms with Crippen LogP contribution in [0.4, 0.5) is 14.5 Å². The summed E-state index contributed by atoms with van der Waals surface area (Å²) in [5.74, 6) is -4.27. The highest BCUT2D eigenvalue weighted by Crippen LogP contribution is 2.31. The van der Waals surface area contributed by atoms with E-state index in [1.165, 1.54) is 24.5 Å². The number of nitrogens with zero attached hydrogens (tertiary/aromatic N) is 1. The number of rotatable bonds is 8. The van der Waals surface area contributed by atoms with Crippen molar-refractivity contribution in [3.05, 3.63) is 77.1 Å². The van der Waals surface area contributed by atoms with Gasteiger partial charge in [0.05, 0.1) is 22.6 Å². The fourth-order valence-electron chi connectivity index (χ4n) is 3.79. The average molecular weight is 514 g/mol. The van der Waals surface area contributed by atoms with Gasteiger partial charge in [-0.05, 0) is 41.8 Å². The summed E-state index contributed by atoms with van der Waals surface area (Å²) < 4.78 is 56.5. The number of aromatic nitrogens is 2. The number of pyridine rings is 1. The van der Waals surface area contributed by atoms with Crippen molar-refractivity contribution >= 4 is 38.8 Å². The predicted molar refractivity (Wildman–Crippen MR) is 131 cm³/mol. The summed E-state index contributed by atoms with van der Waals surface area (Å²) in [7, 11) is -3.93. The van der Waals surface area contributed by atoms with Gasteiger partial charge in [-0.2, -0.15) is 0 Å². The SMILES string of the molecule is CC(C)CS(=O)(=O)Nc1ccc(F)c(C(=O)c2c[nH]c3ncc(-c4ccc(C=O)c(O)c4)cc23)c1F. The molecule has 0 aliphatic heterocycles. The van der Waals surface area contributed by atoms with Crippen LogP contribution in [0.1, 0.15) is 40.1 Å². The Morgan fingerprint density at radius 3 is 2.58 bits per heavy atom. The van der Waals surface area contributed by atoms with Crippen molar-refractivity contribution in [2.75, 3.05) is 10.5 Å². The predicted octanol–water partition coefficient (Wildman–Crippen LogP) is 4.65. The molecule has 4 rings (SSSR count). The number of aromatic hydroxyl groups is 1. The molecule has 36 heavy (non-hydrogen) atoms. The first kappa shape index (κ1) is 25.0. The molecule has 0 aliphatic carbocycles. The zero-order valence-electron chi connectivity index (χ0n) is 19.2. The molecule has 0 radical (unpaired) electrons. The number of benzene rings is 2. The Morgan fingerprint density at radius 1 is 1.17 bits per heavy atom. The molecule has 0 atom stereocenters. The first-order chi connectivity index (χ1) is 17.0. The second kappa shape index (κ2) is 9.50. The second-order valence-electron chi connectivity index (χ2n) is 8.60. The van der Waals surface area contributed by atoms with Gasteiger partial charge in [-0.25, -0.2) is 22.2 Å². The largest absolute Gasteiger partial charge is 0.507 e. The molecule has 0 unspecified atom stereocenters. The zero-order valence-corrected chi connectivity index (χ0v) is 20.0. The Hall–Kier alpha value is -4.12. The molecular weight excluding hydrogens is 492 g/mol. The standard InChI is InChI=1S/C25H21F2N3O5S/c1-13(2)12-36(34,35)30-20-6-5-19(26)22(23(20)27)24(33)18-10-29-25-17(18)7-16(9-28-25)14-3-4-15(11-31)21(32)8-14/h3-11,13,30,32H,12H2,1-2H3,(H,28,29). The van der Waals surface area contributed by atoms with Crippen molar-refractivity contribution in [2.24, 2.45) is 5.92 Å². The van der Waals surface area contributed by atoms with E-state index < -0.39 is 38.7 Å². The van der Waals surface area contributed by atoms with E-state index in [9.17, 15) is 27.5 Å². The molecule has 2 aromatic carbocycles. The number of carbonyl (C=O) groups is 2. The number of aldehydes is 1. The summed E-state index contributed by atoms with van der Waals surface area (Å²) in [5.41, 5.74) is -0.214. The van der Waals surface area contributed by atoms with Crippen molar-refractivity contribution < 1.29 is 31.9 Å². The number of aromatic amines is 1. The maximum atomic E-state index is 15.2. The summed E-state index contributed by atoms with van der Waals surface area (Å²) in [6.45, 7) is 3.35. The number of anilines is 1. The van der Waals surface area contributed by atoms with Gasteiger partial charge in [-0.15, -0.1) is 0 Å². The van der Waals surface area contributed by atoms with E-state index >= 15 is 4.39 Å². The number of nitrogens with one attached hydrogen (secondary N) is 2. The minimum atomic E-state index is -3.93. The van der Waals surface area contributed by atoms with E-state index in [1.807, 2.05) is 0 Å². The topological polar surface area (TPSA) is 129 Å². The Balaban J connectivity index is 1.77.